The molecule has 3 aromatic rings. The number of esters is 1. The van der Waals surface area contributed by atoms with Gasteiger partial charge in [-0.1, -0.05) is 60.7 Å². The lowest BCUT2D eigenvalue weighted by atomic mass is 10.0. The number of rotatable bonds is 6. The molecule has 0 aliphatic rings. The van der Waals surface area contributed by atoms with Crippen LogP contribution in [0.25, 0.3) is 10.8 Å². The lowest BCUT2D eigenvalue weighted by Gasteiger charge is -2.17. The van der Waals surface area contributed by atoms with E-state index in [9.17, 15) is 14.3 Å². The van der Waals surface area contributed by atoms with Gasteiger partial charge < -0.3 is 14.2 Å². The zero-order valence-corrected chi connectivity index (χ0v) is 15.2. The highest BCUT2D eigenvalue weighted by Crippen LogP contribution is 2.47. The summed E-state index contributed by atoms with van der Waals surface area (Å²) in [7, 11) is -2.64. The first-order chi connectivity index (χ1) is 12.5. The normalized spacial score (nSPS) is 13.2. The maximum Gasteiger partial charge on any atom is 0.380 e. The van der Waals surface area contributed by atoms with Crippen LogP contribution < -0.4 is 4.52 Å². The van der Waals surface area contributed by atoms with Crippen LogP contribution in [-0.2, 0) is 26.7 Å². The molecule has 3 aromatic carbocycles. The fourth-order valence-corrected chi connectivity index (χ4v) is 4.02. The molecule has 5 nitrogen and oxygen atoms in total. The molecular formula is C20H19O5P. The number of carbonyl (C=O) groups excluding carboxylic acids is 1. The van der Waals surface area contributed by atoms with Crippen LogP contribution >= 0.6 is 7.60 Å². The zero-order chi connectivity index (χ0) is 18.6. The Morgan fingerprint density at radius 1 is 1.00 bits per heavy atom. The van der Waals surface area contributed by atoms with Gasteiger partial charge in [-0.25, -0.2) is 4.57 Å². The van der Waals surface area contributed by atoms with Gasteiger partial charge in [0.05, 0.1) is 19.7 Å². The van der Waals surface area contributed by atoms with Crippen LogP contribution in [0.2, 0.25) is 0 Å². The minimum absolute atomic E-state index is 0.0431. The van der Waals surface area contributed by atoms with Crippen LogP contribution in [0, 0.1) is 0 Å². The van der Waals surface area contributed by atoms with Crippen molar-refractivity contribution >= 4 is 24.3 Å². The van der Waals surface area contributed by atoms with Crippen molar-refractivity contribution in [2.24, 2.45) is 0 Å². The molecule has 1 N–H and O–H groups in total. The van der Waals surface area contributed by atoms with Gasteiger partial charge >= 0.3 is 13.6 Å². The minimum atomic E-state index is -3.95. The third-order valence-corrected chi connectivity index (χ3v) is 5.26. The lowest BCUT2D eigenvalue weighted by molar-refractivity contribution is -0.139. The molecule has 0 heterocycles. The number of benzene rings is 3. The summed E-state index contributed by atoms with van der Waals surface area (Å²) in [5, 5.41) is 1.70. The summed E-state index contributed by atoms with van der Waals surface area (Å²) in [6, 6.07) is 19.9. The van der Waals surface area contributed by atoms with Crippen LogP contribution in [0.1, 0.15) is 11.1 Å². The van der Waals surface area contributed by atoms with Gasteiger partial charge in [0.2, 0.25) is 0 Å². The van der Waals surface area contributed by atoms with E-state index in [1.165, 1.54) is 7.11 Å². The molecule has 0 amide bonds. The van der Waals surface area contributed by atoms with E-state index in [1.807, 2.05) is 30.3 Å². The maximum absolute atomic E-state index is 12.6. The van der Waals surface area contributed by atoms with Gasteiger partial charge in [-0.05, 0) is 22.4 Å². The van der Waals surface area contributed by atoms with E-state index in [-0.39, 0.29) is 18.3 Å². The summed E-state index contributed by atoms with van der Waals surface area (Å²) in [5.74, 6) is -0.224. The fraction of sp³-hybridized carbons (Fsp3) is 0.150. The molecule has 26 heavy (non-hydrogen) atoms. The Morgan fingerprint density at radius 3 is 2.42 bits per heavy atom. The second kappa shape index (κ2) is 7.73. The van der Waals surface area contributed by atoms with Crippen LogP contribution in [0.3, 0.4) is 0 Å². The van der Waals surface area contributed by atoms with E-state index in [4.69, 9.17) is 9.26 Å². The first-order valence-electron chi connectivity index (χ1n) is 8.11. The van der Waals surface area contributed by atoms with Crippen molar-refractivity contribution in [2.45, 2.75) is 12.6 Å². The molecule has 134 valence electrons. The average Bonchev–Trinajstić information content (AvgIpc) is 2.63. The fourth-order valence-electron chi connectivity index (χ4n) is 2.80. The smallest absolute Gasteiger partial charge is 0.380 e. The Labute approximate surface area is 151 Å². The van der Waals surface area contributed by atoms with Gasteiger partial charge in [0.15, 0.2) is 0 Å². The Bertz CT molecular complexity index is 968. The summed E-state index contributed by atoms with van der Waals surface area (Å²) in [6.45, 7) is 0. The highest BCUT2D eigenvalue weighted by atomic mass is 31.2. The van der Waals surface area contributed by atoms with Gasteiger partial charge in [0, 0.05) is 5.56 Å². The second-order valence-electron chi connectivity index (χ2n) is 5.89. The molecule has 0 spiro atoms. The molecular weight excluding hydrogens is 351 g/mol. The van der Waals surface area contributed by atoms with Crippen molar-refractivity contribution in [1.29, 1.82) is 0 Å². The van der Waals surface area contributed by atoms with Crippen molar-refractivity contribution in [2.75, 3.05) is 7.11 Å². The molecule has 0 saturated carbocycles. The largest absolute Gasteiger partial charge is 0.469 e. The monoisotopic (exact) mass is 370 g/mol. The number of hydrogen-bond acceptors (Lipinski definition) is 4. The minimum Gasteiger partial charge on any atom is -0.469 e. The highest BCUT2D eigenvalue weighted by Gasteiger charge is 2.24. The molecule has 0 saturated heterocycles. The quantitative estimate of drug-likeness (QED) is 0.517. The third kappa shape index (κ3) is 4.31. The Hall–Kier alpha value is -2.62. The third-order valence-electron chi connectivity index (χ3n) is 4.01. The van der Waals surface area contributed by atoms with Crippen LogP contribution in [0.5, 0.6) is 5.75 Å². The molecule has 0 aromatic heterocycles. The van der Waals surface area contributed by atoms with Crippen LogP contribution in [0.4, 0.5) is 0 Å². The lowest BCUT2D eigenvalue weighted by Crippen LogP contribution is -2.07. The standard InChI is InChI=1S/C20H19O5P/c1-24-20(21)13-18-17-10-6-5-9-16(17)11-12-19(18)25-26(22,23)14-15-7-3-2-4-8-15/h2-12H,13-14H2,1H3,(H,22,23). The van der Waals surface area contributed by atoms with Gasteiger partial charge in [0.1, 0.15) is 5.75 Å². The van der Waals surface area contributed by atoms with E-state index in [1.54, 1.807) is 36.4 Å². The van der Waals surface area contributed by atoms with Gasteiger partial charge in [-0.3, -0.25) is 4.79 Å². The summed E-state index contributed by atoms with van der Waals surface area (Å²) < 4.78 is 22.9. The molecule has 0 radical (unpaired) electrons. The van der Waals surface area contributed by atoms with E-state index in [0.717, 1.165) is 10.8 Å². The molecule has 6 heteroatoms. The Morgan fingerprint density at radius 2 is 1.69 bits per heavy atom. The molecule has 0 aliphatic carbocycles. The van der Waals surface area contributed by atoms with Crippen LogP contribution in [-0.4, -0.2) is 18.0 Å². The Kier molecular flexibility index (Phi) is 5.40. The van der Waals surface area contributed by atoms with Crippen LogP contribution in [0.15, 0.2) is 66.7 Å². The average molecular weight is 370 g/mol. The maximum atomic E-state index is 12.6. The first-order valence-corrected chi connectivity index (χ1v) is 9.87. The van der Waals surface area contributed by atoms with Gasteiger partial charge in [-0.2, -0.15) is 0 Å². The van der Waals surface area contributed by atoms with E-state index in [2.05, 4.69) is 0 Å². The topological polar surface area (TPSA) is 72.8 Å². The van der Waals surface area contributed by atoms with Crippen molar-refractivity contribution in [3.8, 4) is 5.75 Å². The molecule has 1 unspecified atom stereocenters. The number of hydrogen-bond donors (Lipinski definition) is 1. The first kappa shape index (κ1) is 18.2. The number of carbonyl (C=O) groups is 1. The number of methoxy groups -OCH3 is 1. The van der Waals surface area contributed by atoms with Crippen molar-refractivity contribution in [3.05, 3.63) is 77.9 Å². The predicted octanol–water partition coefficient (Wildman–Crippen LogP) is 4.32. The summed E-state index contributed by atoms with van der Waals surface area (Å²) >= 11 is 0. The molecule has 0 fully saturated rings. The number of ether oxygens (including phenoxy) is 1. The van der Waals surface area contributed by atoms with Crippen molar-refractivity contribution in [3.63, 3.8) is 0 Å². The molecule has 0 aliphatic heterocycles. The molecule has 3 rings (SSSR count). The predicted molar refractivity (Wildman–Crippen MR) is 100 cm³/mol. The SMILES string of the molecule is COC(=O)Cc1c(OP(=O)(O)Cc2ccccc2)ccc2ccccc12. The van der Waals surface area contributed by atoms with E-state index >= 15 is 0 Å². The van der Waals surface area contributed by atoms with Gasteiger partial charge in [0.25, 0.3) is 0 Å². The summed E-state index contributed by atoms with van der Waals surface area (Å²) in [4.78, 5) is 22.2. The van der Waals surface area contributed by atoms with E-state index < -0.39 is 13.6 Å². The second-order valence-corrected chi connectivity index (χ2v) is 7.66. The highest BCUT2D eigenvalue weighted by molar-refractivity contribution is 7.52. The molecule has 1 atom stereocenters. The van der Waals surface area contributed by atoms with E-state index in [0.29, 0.717) is 11.1 Å². The van der Waals surface area contributed by atoms with Gasteiger partial charge in [-0.15, -0.1) is 0 Å². The Balaban J connectivity index is 1.97. The van der Waals surface area contributed by atoms with Crippen molar-refractivity contribution < 1.29 is 23.5 Å². The molecule has 0 bridgehead atoms. The summed E-state index contributed by atoms with van der Waals surface area (Å²) in [5.41, 5.74) is 1.24. The summed E-state index contributed by atoms with van der Waals surface area (Å²) in [6.07, 6.45) is -0.156. The van der Waals surface area contributed by atoms with Crippen molar-refractivity contribution in [1.82, 2.24) is 0 Å². The zero-order valence-electron chi connectivity index (χ0n) is 14.3. The number of fused-ring (bicyclic) bond motifs is 1.